The average Bonchev–Trinajstić information content (AvgIpc) is 2.60. The van der Waals surface area contributed by atoms with Crippen LogP contribution in [-0.4, -0.2) is 20.9 Å². The largest absolute Gasteiger partial charge is 0.476 e. The van der Waals surface area contributed by atoms with E-state index in [1.54, 1.807) is 25.1 Å². The van der Waals surface area contributed by atoms with Gasteiger partial charge in [0.2, 0.25) is 0 Å². The van der Waals surface area contributed by atoms with Crippen LogP contribution >= 0.6 is 45.8 Å². The number of rotatable bonds is 2. The average molecular weight is 397 g/mol. The molecule has 18 heavy (non-hydrogen) atoms. The molecule has 7 heteroatoms. The molecule has 2 aromatic rings. The Bertz CT molecular complexity index is 640. The van der Waals surface area contributed by atoms with Gasteiger partial charge < -0.3 is 5.11 Å². The van der Waals surface area contributed by atoms with Crippen molar-refractivity contribution in [1.82, 2.24) is 9.78 Å². The number of carboxylic acid groups (broad SMARTS) is 1. The lowest BCUT2D eigenvalue weighted by Crippen LogP contribution is -2.02. The Morgan fingerprint density at radius 2 is 2.06 bits per heavy atom. The zero-order valence-electron chi connectivity index (χ0n) is 9.12. The molecule has 0 amide bonds. The highest BCUT2D eigenvalue weighted by atomic mass is 127. The summed E-state index contributed by atoms with van der Waals surface area (Å²) in [6, 6.07) is 5.02. The van der Waals surface area contributed by atoms with Crippen LogP contribution in [0.1, 0.15) is 16.2 Å². The third kappa shape index (κ3) is 2.34. The van der Waals surface area contributed by atoms with Crippen LogP contribution in [-0.2, 0) is 0 Å². The summed E-state index contributed by atoms with van der Waals surface area (Å²) in [5.74, 6) is -1.05. The van der Waals surface area contributed by atoms with Crippen molar-refractivity contribution in [2.45, 2.75) is 6.92 Å². The number of aromatic nitrogens is 2. The summed E-state index contributed by atoms with van der Waals surface area (Å²) in [6.45, 7) is 1.80. The summed E-state index contributed by atoms with van der Waals surface area (Å²) in [4.78, 5) is 11.0. The highest BCUT2D eigenvalue weighted by Gasteiger charge is 2.19. The van der Waals surface area contributed by atoms with E-state index < -0.39 is 5.97 Å². The summed E-state index contributed by atoms with van der Waals surface area (Å²) < 4.78 is 2.14. The van der Waals surface area contributed by atoms with Crippen LogP contribution < -0.4 is 0 Å². The molecule has 0 spiro atoms. The van der Waals surface area contributed by atoms with Gasteiger partial charge in [-0.2, -0.15) is 5.10 Å². The first kappa shape index (κ1) is 13.6. The molecule has 0 aliphatic rings. The van der Waals surface area contributed by atoms with E-state index in [2.05, 4.69) is 5.10 Å². The minimum Gasteiger partial charge on any atom is -0.476 e. The lowest BCUT2D eigenvalue weighted by atomic mass is 10.3. The van der Waals surface area contributed by atoms with Gasteiger partial charge in [0.25, 0.3) is 0 Å². The maximum Gasteiger partial charge on any atom is 0.357 e. The summed E-state index contributed by atoms with van der Waals surface area (Å²) in [5.41, 5.74) is 1.44. The van der Waals surface area contributed by atoms with Crippen LogP contribution in [0, 0.1) is 10.5 Å². The Labute approximate surface area is 127 Å². The molecule has 0 saturated heterocycles. The van der Waals surface area contributed by atoms with E-state index in [0.717, 1.165) is 5.69 Å². The Balaban J connectivity index is 2.61. The number of halogens is 3. The van der Waals surface area contributed by atoms with E-state index in [1.807, 2.05) is 22.6 Å². The monoisotopic (exact) mass is 396 g/mol. The molecule has 4 nitrogen and oxygen atoms in total. The zero-order valence-corrected chi connectivity index (χ0v) is 12.8. The van der Waals surface area contributed by atoms with Crippen LogP contribution in [0.2, 0.25) is 10.0 Å². The second kappa shape index (κ2) is 5.07. The van der Waals surface area contributed by atoms with Crippen LogP contribution in [0.5, 0.6) is 0 Å². The summed E-state index contributed by atoms with van der Waals surface area (Å²) in [5, 5.41) is 13.9. The summed E-state index contributed by atoms with van der Waals surface area (Å²) in [7, 11) is 0. The number of carboxylic acids is 1. The number of hydrogen-bond donors (Lipinski definition) is 1. The highest BCUT2D eigenvalue weighted by Crippen LogP contribution is 2.26. The molecule has 0 atom stereocenters. The minimum absolute atomic E-state index is 0.0270. The first-order valence-electron chi connectivity index (χ1n) is 4.85. The molecular formula is C11H7Cl2IN2O2. The predicted molar refractivity (Wildman–Crippen MR) is 78.0 cm³/mol. The predicted octanol–water partition coefficient (Wildman–Crippen LogP) is 3.79. The Hall–Kier alpha value is -0.790. The fourth-order valence-corrected chi connectivity index (χ4v) is 2.35. The zero-order chi connectivity index (χ0) is 13.4. The van der Waals surface area contributed by atoms with Crippen LogP contribution in [0.15, 0.2) is 18.2 Å². The molecule has 1 aromatic heterocycles. The third-order valence-corrected chi connectivity index (χ3v) is 4.42. The van der Waals surface area contributed by atoms with Gasteiger partial charge in [-0.05, 0) is 47.7 Å². The molecule has 1 N–H and O–H groups in total. The van der Waals surface area contributed by atoms with Gasteiger partial charge in [-0.1, -0.05) is 23.2 Å². The number of hydrogen-bond acceptors (Lipinski definition) is 2. The highest BCUT2D eigenvalue weighted by molar-refractivity contribution is 14.1. The van der Waals surface area contributed by atoms with Crippen molar-refractivity contribution < 1.29 is 9.90 Å². The number of aromatic carboxylic acids is 1. The Morgan fingerprint density at radius 1 is 1.39 bits per heavy atom. The normalized spacial score (nSPS) is 10.7. The van der Waals surface area contributed by atoms with Crippen molar-refractivity contribution in [2.24, 2.45) is 0 Å². The summed E-state index contributed by atoms with van der Waals surface area (Å²) >= 11 is 13.7. The quantitative estimate of drug-likeness (QED) is 0.785. The molecular weight excluding hydrogens is 390 g/mol. The maximum atomic E-state index is 11.0. The Morgan fingerprint density at radius 3 is 2.56 bits per heavy atom. The second-order valence-corrected chi connectivity index (χ2v) is 5.46. The van der Waals surface area contributed by atoms with Crippen LogP contribution in [0.4, 0.5) is 0 Å². The van der Waals surface area contributed by atoms with Gasteiger partial charge in [0.05, 0.1) is 25.0 Å². The number of benzene rings is 1. The van der Waals surface area contributed by atoms with Crippen molar-refractivity contribution >= 4 is 51.8 Å². The molecule has 0 radical (unpaired) electrons. The molecule has 1 heterocycles. The second-order valence-electron chi connectivity index (χ2n) is 3.56. The summed E-state index contributed by atoms with van der Waals surface area (Å²) in [6.07, 6.45) is 0. The minimum atomic E-state index is -1.05. The molecule has 0 aliphatic heterocycles. The smallest absolute Gasteiger partial charge is 0.357 e. The standard InChI is InChI=1S/C11H7Cl2IN2O2/c1-5-9(14)10(11(17)18)15-16(5)6-2-3-7(12)8(13)4-6/h2-4H,1H3,(H,17,18). The van der Waals surface area contributed by atoms with Gasteiger partial charge in [-0.15, -0.1) is 0 Å². The van der Waals surface area contributed by atoms with E-state index in [-0.39, 0.29) is 5.69 Å². The van der Waals surface area contributed by atoms with Gasteiger partial charge in [-0.3, -0.25) is 0 Å². The fourth-order valence-electron chi connectivity index (χ4n) is 1.49. The van der Waals surface area contributed by atoms with E-state index >= 15 is 0 Å². The van der Waals surface area contributed by atoms with E-state index in [0.29, 0.717) is 19.3 Å². The van der Waals surface area contributed by atoms with E-state index in [9.17, 15) is 4.79 Å². The lowest BCUT2D eigenvalue weighted by molar-refractivity contribution is 0.0689. The molecule has 94 valence electrons. The SMILES string of the molecule is Cc1c(I)c(C(=O)O)nn1-c1ccc(Cl)c(Cl)c1. The molecule has 0 aliphatic carbocycles. The number of carbonyl (C=O) groups is 1. The molecule has 0 saturated carbocycles. The van der Waals surface area contributed by atoms with Crippen molar-refractivity contribution in [3.63, 3.8) is 0 Å². The molecule has 0 bridgehead atoms. The van der Waals surface area contributed by atoms with Crippen molar-refractivity contribution in [3.8, 4) is 5.69 Å². The molecule has 2 rings (SSSR count). The van der Waals surface area contributed by atoms with Crippen LogP contribution in [0.25, 0.3) is 5.69 Å². The fraction of sp³-hybridized carbons (Fsp3) is 0.0909. The molecule has 0 unspecified atom stereocenters. The van der Waals surface area contributed by atoms with Crippen molar-refractivity contribution in [2.75, 3.05) is 0 Å². The van der Waals surface area contributed by atoms with Gasteiger partial charge in [-0.25, -0.2) is 9.48 Å². The van der Waals surface area contributed by atoms with Gasteiger partial charge in [0, 0.05) is 0 Å². The first-order valence-corrected chi connectivity index (χ1v) is 6.69. The first-order chi connectivity index (χ1) is 8.41. The van der Waals surface area contributed by atoms with Crippen LogP contribution in [0.3, 0.4) is 0 Å². The van der Waals surface area contributed by atoms with Gasteiger partial charge >= 0.3 is 5.97 Å². The lowest BCUT2D eigenvalue weighted by Gasteiger charge is -2.05. The molecule has 0 fully saturated rings. The van der Waals surface area contributed by atoms with Crippen molar-refractivity contribution in [3.05, 3.63) is 43.2 Å². The molecule has 1 aromatic carbocycles. The van der Waals surface area contributed by atoms with Crippen molar-refractivity contribution in [1.29, 1.82) is 0 Å². The van der Waals surface area contributed by atoms with Gasteiger partial charge in [0.1, 0.15) is 0 Å². The maximum absolute atomic E-state index is 11.0. The van der Waals surface area contributed by atoms with E-state index in [1.165, 1.54) is 4.68 Å². The topological polar surface area (TPSA) is 55.1 Å². The third-order valence-electron chi connectivity index (χ3n) is 2.39. The number of nitrogens with zero attached hydrogens (tertiary/aromatic N) is 2. The Kier molecular flexibility index (Phi) is 3.84. The van der Waals surface area contributed by atoms with E-state index in [4.69, 9.17) is 28.3 Å². The van der Waals surface area contributed by atoms with Gasteiger partial charge in [0.15, 0.2) is 5.69 Å².